The van der Waals surface area contributed by atoms with Gasteiger partial charge in [-0.3, -0.25) is 0 Å². The van der Waals surface area contributed by atoms with Crippen molar-refractivity contribution in [1.29, 1.82) is 0 Å². The van der Waals surface area contributed by atoms with Gasteiger partial charge in [-0.25, -0.2) is 0 Å². The van der Waals surface area contributed by atoms with E-state index in [0.717, 1.165) is 78.0 Å². The fourth-order valence-electron chi connectivity index (χ4n) is 14.7. The Labute approximate surface area is 670 Å². The van der Waals surface area contributed by atoms with E-state index in [9.17, 15) is 0 Å². The summed E-state index contributed by atoms with van der Waals surface area (Å²) in [5, 5.41) is 7.21. The number of nitrogens with zero attached hydrogens (tertiary/aromatic N) is 4. The summed E-state index contributed by atoms with van der Waals surface area (Å²) < 4.78 is 15.0. The van der Waals surface area contributed by atoms with E-state index in [1.165, 1.54) is 76.6 Å². The molecule has 3 heterocycles. The van der Waals surface area contributed by atoms with Crippen molar-refractivity contribution in [3.8, 4) is 0 Å². The van der Waals surface area contributed by atoms with E-state index in [1.54, 1.807) is 0 Å². The minimum Gasteiger partial charge on any atom is -0.456 e. The van der Waals surface area contributed by atoms with Crippen LogP contribution in [0.15, 0.2) is 385 Å². The lowest BCUT2D eigenvalue weighted by Crippen LogP contribution is -2.13. The first-order chi connectivity index (χ1) is 54.6. The van der Waals surface area contributed by atoms with Gasteiger partial charge in [0.05, 0.1) is 16.1 Å². The molecule has 0 saturated heterocycles. The van der Waals surface area contributed by atoms with Crippen LogP contribution in [-0.4, -0.2) is 0 Å². The van der Waals surface area contributed by atoms with Crippen molar-refractivity contribution < 1.29 is 8.83 Å². The summed E-state index contributed by atoms with van der Waals surface area (Å²) in [6.45, 7) is 27.0. The van der Waals surface area contributed by atoms with Gasteiger partial charge in [-0.05, 0) is 202 Å². The molecular weight excluding hydrogens is 1390 g/mol. The molecule has 0 aliphatic rings. The zero-order valence-electron chi connectivity index (χ0n) is 66.8. The van der Waals surface area contributed by atoms with Crippen LogP contribution in [0.1, 0.15) is 105 Å². The molecular formula is C106H98N4O2S. The van der Waals surface area contributed by atoms with E-state index >= 15 is 0 Å². The highest BCUT2D eigenvalue weighted by atomic mass is 32.1. The molecule has 0 N–H and O–H groups in total. The first-order valence-corrected chi connectivity index (χ1v) is 40.0. The van der Waals surface area contributed by atoms with Crippen LogP contribution in [0.5, 0.6) is 0 Å². The highest BCUT2D eigenvalue weighted by Crippen LogP contribution is 2.47. The Balaban J connectivity index is 0.000000120. The number of hydrogen-bond acceptors (Lipinski definition) is 7. The lowest BCUT2D eigenvalue weighted by atomic mass is 9.87. The minimum absolute atomic E-state index is 0.120. The molecule has 560 valence electrons. The van der Waals surface area contributed by atoms with E-state index in [2.05, 4.69) is 448 Å². The van der Waals surface area contributed by atoms with Gasteiger partial charge >= 0.3 is 0 Å². The van der Waals surface area contributed by atoms with Crippen LogP contribution in [0.3, 0.4) is 0 Å². The Morgan fingerprint density at radius 3 is 0.903 bits per heavy atom. The number of thiophene rings is 1. The summed E-state index contributed by atoms with van der Waals surface area (Å²) in [7, 11) is 0. The maximum Gasteiger partial charge on any atom is 0.159 e. The molecule has 0 amide bonds. The topological polar surface area (TPSA) is 39.2 Å². The second kappa shape index (κ2) is 32.3. The van der Waals surface area contributed by atoms with Crippen LogP contribution in [0, 0.1) is 0 Å². The van der Waals surface area contributed by atoms with Crippen LogP contribution >= 0.6 is 11.3 Å². The third kappa shape index (κ3) is 16.7. The number of hydrogen-bond donors (Lipinski definition) is 0. The van der Waals surface area contributed by atoms with Crippen LogP contribution in [0.25, 0.3) is 64.0 Å². The zero-order chi connectivity index (χ0) is 78.4. The number of benzene rings is 15. The SMILES string of the molecule is CC(C)(C)c1ccc(N(c2ccccc2)c2ccc3oc4ccccc4c3c2)cc1.CC(C)(C)c1ccc(N(c2ccccc2)c2cccc3c2oc2ccccc23)cc1.CC(C)(C)c1ccc(N(c2ccccc2)c2cccc3c2sc2ccccc23)cc1.CC(C)(C)c1ccc(N(c2ccccc2)c2ccccc2)cc1. The van der Waals surface area contributed by atoms with Crippen molar-refractivity contribution >= 4 is 144 Å². The maximum atomic E-state index is 6.34. The first-order valence-electron chi connectivity index (χ1n) is 39.2. The average molecular weight is 1490 g/mol. The Bertz CT molecular complexity index is 5920. The number of rotatable bonds is 12. The molecule has 3 aromatic heterocycles. The molecule has 18 rings (SSSR count). The Morgan fingerprint density at radius 2 is 0.487 bits per heavy atom. The van der Waals surface area contributed by atoms with E-state index < -0.39 is 0 Å². The number of fused-ring (bicyclic) bond motifs is 9. The standard InChI is InChI=1S/2C28H25NO.C28H25NS.C22H23N/c1-28(2,3)20-16-18-22(19-17-20)29(21-10-5-4-6-11-21)25-14-9-13-24-23-12-7-8-15-26(23)30-27(24)25;1-28(2,3)20-13-15-22(16-14-20)29(21-9-5-4-6-10-21)23-17-18-27-25(19-23)24-11-7-8-12-26(24)30-27;1-28(2,3)20-16-18-22(19-17-20)29(21-10-5-4-6-11-21)25-14-9-13-24-23-12-7-8-15-26(23)30-27(24)25;1-22(2,3)18-14-16-21(17-15-18)23(19-10-6-4-7-11-19)20-12-8-5-9-13-20/h3*4-19H,1-3H3;4-17H,1-3H3. The van der Waals surface area contributed by atoms with Crippen LogP contribution in [0.4, 0.5) is 68.2 Å². The normalized spacial score (nSPS) is 11.7. The quantitative estimate of drug-likeness (QED) is 0.121. The molecule has 0 saturated carbocycles. The molecule has 7 heteroatoms. The van der Waals surface area contributed by atoms with E-state index in [4.69, 9.17) is 8.83 Å². The largest absolute Gasteiger partial charge is 0.456 e. The van der Waals surface area contributed by atoms with Crippen molar-refractivity contribution in [2.24, 2.45) is 0 Å². The number of furan rings is 2. The van der Waals surface area contributed by atoms with Gasteiger partial charge in [0, 0.05) is 93.9 Å². The molecule has 0 unspecified atom stereocenters. The van der Waals surface area contributed by atoms with E-state index in [0.29, 0.717) is 0 Å². The monoisotopic (exact) mass is 1490 g/mol. The molecule has 113 heavy (non-hydrogen) atoms. The third-order valence-corrected chi connectivity index (χ3v) is 22.1. The molecule has 0 radical (unpaired) electrons. The maximum absolute atomic E-state index is 6.34. The van der Waals surface area contributed by atoms with Gasteiger partial charge in [-0.1, -0.05) is 301 Å². The van der Waals surface area contributed by atoms with Gasteiger partial charge in [-0.15, -0.1) is 11.3 Å². The predicted molar refractivity (Wildman–Crippen MR) is 487 cm³/mol. The van der Waals surface area contributed by atoms with E-state index in [-0.39, 0.29) is 21.7 Å². The van der Waals surface area contributed by atoms with Crippen LogP contribution in [0.2, 0.25) is 0 Å². The molecule has 0 atom stereocenters. The number of para-hydroxylation sites is 8. The third-order valence-electron chi connectivity index (χ3n) is 20.9. The number of anilines is 12. The summed E-state index contributed by atoms with van der Waals surface area (Å²) in [5.74, 6) is 0. The molecule has 15 aromatic carbocycles. The van der Waals surface area contributed by atoms with Gasteiger partial charge in [0.2, 0.25) is 0 Å². The van der Waals surface area contributed by atoms with E-state index in [1.807, 2.05) is 41.7 Å². The molecule has 0 aliphatic carbocycles. The summed E-state index contributed by atoms with van der Waals surface area (Å²) >= 11 is 1.87. The van der Waals surface area contributed by atoms with Crippen LogP contribution in [-0.2, 0) is 21.7 Å². The minimum atomic E-state index is 0.120. The van der Waals surface area contributed by atoms with Crippen molar-refractivity contribution in [2.45, 2.75) is 105 Å². The zero-order valence-corrected chi connectivity index (χ0v) is 67.6. The van der Waals surface area contributed by atoms with Gasteiger partial charge in [0.15, 0.2) is 5.58 Å². The highest BCUT2D eigenvalue weighted by Gasteiger charge is 2.25. The lowest BCUT2D eigenvalue weighted by Gasteiger charge is -2.27. The van der Waals surface area contributed by atoms with Gasteiger partial charge in [0.1, 0.15) is 16.7 Å². The summed E-state index contributed by atoms with van der Waals surface area (Å²) in [6.07, 6.45) is 0. The Hall–Kier alpha value is -12.7. The summed E-state index contributed by atoms with van der Waals surface area (Å²) in [4.78, 5) is 9.24. The van der Waals surface area contributed by atoms with Crippen molar-refractivity contribution in [1.82, 2.24) is 0 Å². The van der Waals surface area contributed by atoms with Gasteiger partial charge < -0.3 is 28.4 Å². The molecule has 0 spiro atoms. The summed E-state index contributed by atoms with van der Waals surface area (Å²) in [6, 6.07) is 133. The molecule has 18 aromatic rings. The molecule has 0 bridgehead atoms. The predicted octanol–water partition coefficient (Wildman–Crippen LogP) is 32.0. The van der Waals surface area contributed by atoms with Crippen molar-refractivity contribution in [2.75, 3.05) is 19.6 Å². The lowest BCUT2D eigenvalue weighted by molar-refractivity contribution is 0.590. The summed E-state index contributed by atoms with van der Waals surface area (Å²) in [5.41, 5.74) is 23.3. The first kappa shape index (κ1) is 75.7. The van der Waals surface area contributed by atoms with Gasteiger partial charge in [0.25, 0.3) is 0 Å². The molecule has 0 fully saturated rings. The smallest absolute Gasteiger partial charge is 0.159 e. The Morgan fingerprint density at radius 1 is 0.204 bits per heavy atom. The average Bonchev–Trinajstić information content (AvgIpc) is 1.81. The van der Waals surface area contributed by atoms with Crippen molar-refractivity contribution in [3.05, 3.63) is 398 Å². The molecule has 0 aliphatic heterocycles. The Kier molecular flexibility index (Phi) is 21.7. The fourth-order valence-corrected chi connectivity index (χ4v) is 16.0. The second-order valence-corrected chi connectivity index (χ2v) is 34.0. The fraction of sp³-hybridized carbons (Fsp3) is 0.151. The van der Waals surface area contributed by atoms with Gasteiger partial charge in [-0.2, -0.15) is 0 Å². The second-order valence-electron chi connectivity index (χ2n) is 33.0. The van der Waals surface area contributed by atoms with Crippen LogP contribution < -0.4 is 19.6 Å². The highest BCUT2D eigenvalue weighted by molar-refractivity contribution is 7.26. The molecule has 6 nitrogen and oxygen atoms in total. The van der Waals surface area contributed by atoms with Crippen molar-refractivity contribution in [3.63, 3.8) is 0 Å².